The first-order valence-electron chi connectivity index (χ1n) is 6.07. The van der Waals surface area contributed by atoms with E-state index in [1.807, 2.05) is 6.92 Å². The quantitative estimate of drug-likeness (QED) is 0.792. The number of hydrogen-bond donors (Lipinski definition) is 2. The molecule has 0 bridgehead atoms. The molecule has 5 nitrogen and oxygen atoms in total. The van der Waals surface area contributed by atoms with Crippen molar-refractivity contribution in [3.63, 3.8) is 0 Å². The predicted molar refractivity (Wildman–Crippen MR) is 68.1 cm³/mol. The van der Waals surface area contributed by atoms with Gasteiger partial charge < -0.3 is 15.2 Å². The van der Waals surface area contributed by atoms with Crippen molar-refractivity contribution in [2.45, 2.75) is 19.5 Å². The molecule has 0 heterocycles. The molecule has 0 radical (unpaired) electrons. The summed E-state index contributed by atoms with van der Waals surface area (Å²) < 4.78 is 42.7. The maximum Gasteiger partial charge on any atom is 0.416 e. The van der Waals surface area contributed by atoms with Crippen molar-refractivity contribution in [3.05, 3.63) is 29.3 Å². The van der Waals surface area contributed by atoms with Crippen LogP contribution in [0, 0.1) is 0 Å². The number of hydrogen-bond acceptors (Lipinski definition) is 3. The number of carbonyl (C=O) groups is 2. The summed E-state index contributed by atoms with van der Waals surface area (Å²) in [5.41, 5.74) is -1.88. The Bertz CT molecular complexity index is 529. The SMILES string of the molecule is CCCOCC(=O)Nc1cc(C(F)(F)F)ccc1C(=O)O. The van der Waals surface area contributed by atoms with E-state index in [4.69, 9.17) is 9.84 Å². The van der Waals surface area contributed by atoms with E-state index in [1.165, 1.54) is 0 Å². The summed E-state index contributed by atoms with van der Waals surface area (Å²) in [4.78, 5) is 22.5. The number of carboxylic acid groups (broad SMARTS) is 1. The van der Waals surface area contributed by atoms with Gasteiger partial charge in [0, 0.05) is 6.61 Å². The van der Waals surface area contributed by atoms with Crippen molar-refractivity contribution < 1.29 is 32.6 Å². The number of benzene rings is 1. The predicted octanol–water partition coefficient (Wildman–Crippen LogP) is 2.77. The zero-order valence-corrected chi connectivity index (χ0v) is 11.2. The van der Waals surface area contributed by atoms with Crippen LogP contribution >= 0.6 is 0 Å². The highest BCUT2D eigenvalue weighted by Gasteiger charge is 2.31. The van der Waals surface area contributed by atoms with Crippen LogP contribution in [0.25, 0.3) is 0 Å². The van der Waals surface area contributed by atoms with Gasteiger partial charge in [-0.3, -0.25) is 4.79 Å². The molecule has 2 N–H and O–H groups in total. The van der Waals surface area contributed by atoms with Crippen LogP contribution in [-0.2, 0) is 15.7 Å². The first-order valence-corrected chi connectivity index (χ1v) is 6.07. The fourth-order valence-corrected chi connectivity index (χ4v) is 1.51. The minimum Gasteiger partial charge on any atom is -0.478 e. The molecule has 0 aliphatic carbocycles. The van der Waals surface area contributed by atoms with Gasteiger partial charge in [0.05, 0.1) is 16.8 Å². The van der Waals surface area contributed by atoms with E-state index in [0.717, 1.165) is 6.07 Å². The van der Waals surface area contributed by atoms with Gasteiger partial charge in [-0.2, -0.15) is 13.2 Å². The minimum atomic E-state index is -4.63. The van der Waals surface area contributed by atoms with Gasteiger partial charge in [-0.05, 0) is 24.6 Å². The fourth-order valence-electron chi connectivity index (χ4n) is 1.51. The lowest BCUT2D eigenvalue weighted by atomic mass is 10.1. The van der Waals surface area contributed by atoms with E-state index >= 15 is 0 Å². The molecule has 1 aromatic rings. The van der Waals surface area contributed by atoms with Crippen molar-refractivity contribution in [1.82, 2.24) is 0 Å². The molecule has 0 unspecified atom stereocenters. The van der Waals surface area contributed by atoms with Gasteiger partial charge in [-0.15, -0.1) is 0 Å². The Morgan fingerprint density at radius 3 is 2.52 bits per heavy atom. The highest BCUT2D eigenvalue weighted by molar-refractivity contribution is 6.01. The van der Waals surface area contributed by atoms with E-state index in [9.17, 15) is 22.8 Å². The molecular weight excluding hydrogens is 291 g/mol. The average Bonchev–Trinajstić information content (AvgIpc) is 2.37. The third-order valence-corrected chi connectivity index (χ3v) is 2.43. The van der Waals surface area contributed by atoms with Crippen LogP contribution < -0.4 is 5.32 Å². The number of carbonyl (C=O) groups excluding carboxylic acids is 1. The van der Waals surface area contributed by atoms with Crippen LogP contribution in [0.4, 0.5) is 18.9 Å². The molecule has 0 aromatic heterocycles. The summed E-state index contributed by atoms with van der Waals surface area (Å²) in [6, 6.07) is 2.03. The number of aromatic carboxylic acids is 1. The van der Waals surface area contributed by atoms with E-state index < -0.39 is 34.9 Å². The second-order valence-corrected chi connectivity index (χ2v) is 4.16. The molecule has 1 rings (SSSR count). The third-order valence-electron chi connectivity index (χ3n) is 2.43. The fraction of sp³-hybridized carbons (Fsp3) is 0.385. The molecular formula is C13H14F3NO4. The van der Waals surface area contributed by atoms with Crippen LogP contribution in [0.3, 0.4) is 0 Å². The Balaban J connectivity index is 2.96. The van der Waals surface area contributed by atoms with Crippen molar-refractivity contribution in [3.8, 4) is 0 Å². The molecule has 0 saturated carbocycles. The first-order chi connectivity index (χ1) is 9.75. The Kier molecular flexibility index (Phi) is 5.71. The molecule has 21 heavy (non-hydrogen) atoms. The minimum absolute atomic E-state index is 0.321. The summed E-state index contributed by atoms with van der Waals surface area (Å²) in [6.07, 6.45) is -3.95. The summed E-state index contributed by atoms with van der Waals surface area (Å²) in [6.45, 7) is 1.79. The third kappa shape index (κ3) is 5.07. The van der Waals surface area contributed by atoms with Gasteiger partial charge in [0.15, 0.2) is 0 Å². The monoisotopic (exact) mass is 305 g/mol. The maximum atomic E-state index is 12.6. The molecule has 0 aliphatic rings. The first kappa shape index (κ1) is 17.0. The zero-order valence-electron chi connectivity index (χ0n) is 11.2. The van der Waals surface area contributed by atoms with Crippen LogP contribution in [0.15, 0.2) is 18.2 Å². The van der Waals surface area contributed by atoms with Crippen LogP contribution in [0.5, 0.6) is 0 Å². The lowest BCUT2D eigenvalue weighted by Gasteiger charge is -2.12. The molecule has 0 atom stereocenters. The molecule has 0 spiro atoms. The highest BCUT2D eigenvalue weighted by Crippen LogP contribution is 2.32. The molecule has 116 valence electrons. The van der Waals surface area contributed by atoms with Gasteiger partial charge in [0.1, 0.15) is 6.61 Å². The average molecular weight is 305 g/mol. The number of alkyl halides is 3. The van der Waals surface area contributed by atoms with Crippen molar-refractivity contribution >= 4 is 17.6 Å². The number of amides is 1. The Labute approximate surface area is 118 Å². The smallest absolute Gasteiger partial charge is 0.416 e. The summed E-state index contributed by atoms with van der Waals surface area (Å²) in [5, 5.41) is 11.0. The van der Waals surface area contributed by atoms with Gasteiger partial charge >= 0.3 is 12.1 Å². The van der Waals surface area contributed by atoms with E-state index in [1.54, 1.807) is 0 Å². The molecule has 1 aromatic carbocycles. The van der Waals surface area contributed by atoms with E-state index in [-0.39, 0.29) is 6.61 Å². The number of rotatable bonds is 6. The van der Waals surface area contributed by atoms with E-state index in [2.05, 4.69) is 5.32 Å². The summed E-state index contributed by atoms with van der Waals surface area (Å²) in [5.74, 6) is -2.15. The largest absolute Gasteiger partial charge is 0.478 e. The van der Waals surface area contributed by atoms with Crippen LogP contribution in [0.2, 0.25) is 0 Å². The van der Waals surface area contributed by atoms with Gasteiger partial charge in [-0.1, -0.05) is 6.92 Å². The van der Waals surface area contributed by atoms with Crippen molar-refractivity contribution in [2.24, 2.45) is 0 Å². The normalized spacial score (nSPS) is 11.2. The van der Waals surface area contributed by atoms with E-state index in [0.29, 0.717) is 25.2 Å². The topological polar surface area (TPSA) is 75.6 Å². The zero-order chi connectivity index (χ0) is 16.0. The molecule has 0 fully saturated rings. The van der Waals surface area contributed by atoms with Gasteiger partial charge in [0.2, 0.25) is 5.91 Å². The number of carboxylic acids is 1. The number of nitrogens with one attached hydrogen (secondary N) is 1. The molecule has 0 aliphatic heterocycles. The van der Waals surface area contributed by atoms with Gasteiger partial charge in [-0.25, -0.2) is 4.79 Å². The second kappa shape index (κ2) is 7.07. The number of anilines is 1. The number of halogens is 3. The lowest BCUT2D eigenvalue weighted by molar-refractivity contribution is -0.137. The molecule has 0 saturated heterocycles. The second-order valence-electron chi connectivity index (χ2n) is 4.16. The van der Waals surface area contributed by atoms with Crippen LogP contribution in [-0.4, -0.2) is 30.2 Å². The summed E-state index contributed by atoms with van der Waals surface area (Å²) in [7, 11) is 0. The molecule has 8 heteroatoms. The standard InChI is InChI=1S/C13H14F3NO4/c1-2-5-21-7-11(18)17-10-6-8(13(14,15)16)3-4-9(10)12(19)20/h3-4,6H,2,5,7H2,1H3,(H,17,18)(H,19,20). The summed E-state index contributed by atoms with van der Waals surface area (Å²) >= 11 is 0. The van der Waals surface area contributed by atoms with Crippen LogP contribution in [0.1, 0.15) is 29.3 Å². The lowest BCUT2D eigenvalue weighted by Crippen LogP contribution is -2.21. The van der Waals surface area contributed by atoms with Gasteiger partial charge in [0.25, 0.3) is 0 Å². The Hall–Kier alpha value is -2.09. The van der Waals surface area contributed by atoms with Crippen molar-refractivity contribution in [1.29, 1.82) is 0 Å². The molecule has 1 amide bonds. The highest BCUT2D eigenvalue weighted by atomic mass is 19.4. The van der Waals surface area contributed by atoms with Crippen molar-refractivity contribution in [2.75, 3.05) is 18.5 Å². The Morgan fingerprint density at radius 1 is 1.33 bits per heavy atom. The Morgan fingerprint density at radius 2 is 2.00 bits per heavy atom. The maximum absolute atomic E-state index is 12.6. The number of ether oxygens (including phenoxy) is 1.